The number of pyridine rings is 1. The van der Waals surface area contributed by atoms with E-state index < -0.39 is 18.3 Å². The van der Waals surface area contributed by atoms with E-state index in [0.717, 1.165) is 23.6 Å². The number of ether oxygens (including phenoxy) is 1. The average molecular weight is 607 g/mol. The fraction of sp³-hybridized carbons (Fsp3) is 0.387. The molecule has 0 N–H and O–H groups in total. The first-order valence-corrected chi connectivity index (χ1v) is 14.1. The Labute approximate surface area is 250 Å². The van der Waals surface area contributed by atoms with Crippen molar-refractivity contribution in [1.29, 1.82) is 0 Å². The lowest BCUT2D eigenvalue weighted by Crippen LogP contribution is -2.45. The molecule has 2 fully saturated rings. The lowest BCUT2D eigenvalue weighted by atomic mass is 9.96. The Morgan fingerprint density at radius 1 is 1.05 bits per heavy atom. The minimum atomic E-state index is -4.91. The van der Waals surface area contributed by atoms with Crippen molar-refractivity contribution >= 4 is 28.4 Å². The van der Waals surface area contributed by atoms with Crippen molar-refractivity contribution in [3.05, 3.63) is 65.5 Å². The summed E-state index contributed by atoms with van der Waals surface area (Å²) in [5.41, 5.74) is 2.84. The highest BCUT2D eigenvalue weighted by molar-refractivity contribution is 6.06. The van der Waals surface area contributed by atoms with Crippen molar-refractivity contribution < 1.29 is 32.3 Å². The van der Waals surface area contributed by atoms with Gasteiger partial charge in [-0.05, 0) is 55.4 Å². The van der Waals surface area contributed by atoms with Crippen LogP contribution in [0.15, 0.2) is 42.7 Å². The van der Waals surface area contributed by atoms with Crippen LogP contribution in [0.5, 0.6) is 5.88 Å². The van der Waals surface area contributed by atoms with Crippen LogP contribution in [0.25, 0.3) is 22.0 Å². The van der Waals surface area contributed by atoms with Gasteiger partial charge in [0, 0.05) is 42.4 Å². The minimum absolute atomic E-state index is 0.139. The summed E-state index contributed by atoms with van der Waals surface area (Å²) in [5.74, 6) is -0.923. The lowest BCUT2D eigenvalue weighted by Gasteiger charge is -2.27. The standard InChI is InChI=1S/C31H29F3N6O4/c1-16-5-8-27(44-31(32,33)34)37-22(16)10-25(42)24-11-30(4)12-26(30)40(24)28(43)15-39-23-7-6-19(20-13-35-18(3)36-14-20)9-21(23)29(38-39)17(2)41/h5-9,13-14,24,26H,10-12,15H2,1-4H3/t24-,26+,30-/m0/s1. The highest BCUT2D eigenvalue weighted by Gasteiger charge is 2.64. The van der Waals surface area contributed by atoms with Crippen molar-refractivity contribution in [2.75, 3.05) is 0 Å². The number of aryl methyl sites for hydroxylation is 2. The van der Waals surface area contributed by atoms with E-state index in [0.29, 0.717) is 28.7 Å². The third-order valence-electron chi connectivity index (χ3n) is 8.52. The van der Waals surface area contributed by atoms with E-state index in [4.69, 9.17) is 0 Å². The first-order chi connectivity index (χ1) is 20.7. The Morgan fingerprint density at radius 2 is 1.77 bits per heavy atom. The minimum Gasteiger partial charge on any atom is -0.388 e. The lowest BCUT2D eigenvalue weighted by molar-refractivity contribution is -0.276. The van der Waals surface area contributed by atoms with E-state index in [1.807, 2.05) is 19.1 Å². The van der Waals surface area contributed by atoms with Crippen LogP contribution >= 0.6 is 0 Å². The topological polar surface area (TPSA) is 120 Å². The van der Waals surface area contributed by atoms with Crippen molar-refractivity contribution in [2.45, 2.75) is 71.9 Å². The normalized spacial score (nSPS) is 20.9. The Bertz CT molecular complexity index is 1820. The quantitative estimate of drug-likeness (QED) is 0.263. The maximum atomic E-state index is 13.8. The van der Waals surface area contributed by atoms with Crippen LogP contribution in [0.1, 0.15) is 54.3 Å². The maximum absolute atomic E-state index is 13.8. The second kappa shape index (κ2) is 10.5. The molecule has 0 spiro atoms. The number of piperidine rings is 1. The van der Waals surface area contributed by atoms with Crippen LogP contribution < -0.4 is 4.74 Å². The molecule has 44 heavy (non-hydrogen) atoms. The molecule has 0 bridgehead atoms. The van der Waals surface area contributed by atoms with Crippen LogP contribution in [0.3, 0.4) is 0 Å². The molecule has 1 aromatic carbocycles. The summed E-state index contributed by atoms with van der Waals surface area (Å²) in [7, 11) is 0. The Kier molecular flexibility index (Phi) is 7.01. The number of halogens is 3. The molecule has 4 heterocycles. The zero-order valence-electron chi connectivity index (χ0n) is 24.5. The summed E-state index contributed by atoms with van der Waals surface area (Å²) < 4.78 is 43.6. The molecule has 3 atom stereocenters. The number of hydrogen-bond acceptors (Lipinski definition) is 8. The summed E-state index contributed by atoms with van der Waals surface area (Å²) in [6, 6.07) is 7.06. The second-order valence-corrected chi connectivity index (χ2v) is 11.8. The third-order valence-corrected chi connectivity index (χ3v) is 8.52. The molecular weight excluding hydrogens is 577 g/mol. The predicted molar refractivity (Wildman–Crippen MR) is 152 cm³/mol. The smallest absolute Gasteiger partial charge is 0.388 e. The fourth-order valence-electron chi connectivity index (χ4n) is 6.09. The molecule has 1 amide bonds. The summed E-state index contributed by atoms with van der Waals surface area (Å²) in [4.78, 5) is 53.9. The number of nitrogens with zero attached hydrogens (tertiary/aromatic N) is 6. The van der Waals surface area contributed by atoms with Crippen LogP contribution in [-0.4, -0.2) is 65.6 Å². The van der Waals surface area contributed by atoms with Crippen molar-refractivity contribution in [1.82, 2.24) is 29.6 Å². The van der Waals surface area contributed by atoms with Gasteiger partial charge in [0.05, 0.1) is 23.7 Å². The summed E-state index contributed by atoms with van der Waals surface area (Å²) in [6.07, 6.45) is -0.584. The Hall–Kier alpha value is -4.68. The number of rotatable bonds is 8. The molecule has 228 valence electrons. The van der Waals surface area contributed by atoms with Crippen LogP contribution in [0.4, 0.5) is 13.2 Å². The van der Waals surface area contributed by atoms with Gasteiger partial charge in [-0.3, -0.25) is 19.1 Å². The summed E-state index contributed by atoms with van der Waals surface area (Å²) >= 11 is 0. The van der Waals surface area contributed by atoms with Gasteiger partial charge in [-0.1, -0.05) is 19.1 Å². The van der Waals surface area contributed by atoms with E-state index in [1.165, 1.54) is 17.7 Å². The average Bonchev–Trinajstić information content (AvgIpc) is 3.31. The molecule has 1 saturated carbocycles. The molecule has 4 aromatic rings. The van der Waals surface area contributed by atoms with Crippen molar-refractivity contribution in [2.24, 2.45) is 5.41 Å². The number of alkyl halides is 3. The van der Waals surface area contributed by atoms with Crippen molar-refractivity contribution in [3.8, 4) is 17.0 Å². The van der Waals surface area contributed by atoms with Gasteiger partial charge in [0.1, 0.15) is 18.1 Å². The molecule has 13 heteroatoms. The Balaban J connectivity index is 1.26. The zero-order valence-corrected chi connectivity index (χ0v) is 24.5. The molecular formula is C31H29F3N6O4. The van der Waals surface area contributed by atoms with E-state index in [9.17, 15) is 27.6 Å². The van der Waals surface area contributed by atoms with Gasteiger partial charge in [0.25, 0.3) is 0 Å². The van der Waals surface area contributed by atoms with Gasteiger partial charge in [-0.25, -0.2) is 15.0 Å². The van der Waals surface area contributed by atoms with Gasteiger partial charge < -0.3 is 9.64 Å². The molecule has 1 saturated heterocycles. The number of benzene rings is 1. The van der Waals surface area contributed by atoms with E-state index in [2.05, 4.69) is 24.8 Å². The third kappa shape index (κ3) is 5.53. The molecule has 1 aliphatic carbocycles. The SMILES string of the molecule is CC(=O)c1nn(CC(=O)N2[C@H](C(=O)Cc3nc(OC(F)(F)F)ccc3C)C[C@@]3(C)C[C@@H]23)c2ccc(-c3cnc(C)nc3)cc12. The first kappa shape index (κ1) is 29.4. The molecule has 6 rings (SSSR count). The summed E-state index contributed by atoms with van der Waals surface area (Å²) in [5, 5.41) is 5.06. The molecule has 2 aliphatic rings. The molecule has 0 radical (unpaired) electrons. The number of aromatic nitrogens is 5. The number of carbonyl (C=O) groups is 3. The molecule has 3 aromatic heterocycles. The molecule has 0 unspecified atom stereocenters. The second-order valence-electron chi connectivity index (χ2n) is 11.8. The van der Waals surface area contributed by atoms with E-state index >= 15 is 0 Å². The predicted octanol–water partition coefficient (Wildman–Crippen LogP) is 4.80. The number of Topliss-reactive ketones (excluding diaryl/α,β-unsaturated/α-hetero) is 2. The largest absolute Gasteiger partial charge is 0.574 e. The first-order valence-electron chi connectivity index (χ1n) is 14.1. The van der Waals surface area contributed by atoms with E-state index in [-0.39, 0.29) is 53.3 Å². The fourth-order valence-corrected chi connectivity index (χ4v) is 6.09. The van der Waals surface area contributed by atoms with Crippen LogP contribution in [0, 0.1) is 19.3 Å². The zero-order chi connectivity index (χ0) is 31.6. The summed E-state index contributed by atoms with van der Waals surface area (Å²) in [6.45, 7) is 6.66. The van der Waals surface area contributed by atoms with Gasteiger partial charge in [-0.15, -0.1) is 13.2 Å². The number of carbonyl (C=O) groups excluding carboxylic acids is 3. The number of ketones is 2. The van der Waals surface area contributed by atoms with E-state index in [1.54, 1.807) is 37.2 Å². The molecule has 10 nitrogen and oxygen atoms in total. The molecule has 1 aliphatic heterocycles. The Morgan fingerprint density at radius 3 is 2.45 bits per heavy atom. The van der Waals surface area contributed by atoms with Gasteiger partial charge >= 0.3 is 6.36 Å². The van der Waals surface area contributed by atoms with Gasteiger partial charge in [-0.2, -0.15) is 5.10 Å². The van der Waals surface area contributed by atoms with Crippen LogP contribution in [0.2, 0.25) is 0 Å². The number of amides is 1. The maximum Gasteiger partial charge on any atom is 0.574 e. The highest BCUT2D eigenvalue weighted by atomic mass is 19.4. The van der Waals surface area contributed by atoms with Crippen molar-refractivity contribution in [3.63, 3.8) is 0 Å². The highest BCUT2D eigenvalue weighted by Crippen LogP contribution is 2.59. The number of likely N-dealkylation sites (tertiary alicyclic amines) is 1. The van der Waals surface area contributed by atoms with Crippen LogP contribution in [-0.2, 0) is 22.6 Å². The van der Waals surface area contributed by atoms with Gasteiger partial charge in [0.2, 0.25) is 11.8 Å². The number of hydrogen-bond donors (Lipinski definition) is 0. The number of fused-ring (bicyclic) bond motifs is 2. The van der Waals surface area contributed by atoms with Gasteiger partial charge in [0.15, 0.2) is 11.6 Å². The monoisotopic (exact) mass is 606 g/mol.